The lowest BCUT2D eigenvalue weighted by Gasteiger charge is -2.15. The van der Waals surface area contributed by atoms with Gasteiger partial charge in [-0.2, -0.15) is 5.26 Å². The molecule has 1 aromatic heterocycles. The van der Waals surface area contributed by atoms with E-state index in [2.05, 4.69) is 0 Å². The van der Waals surface area contributed by atoms with Crippen molar-refractivity contribution < 1.29 is 9.90 Å². The number of hydrogen-bond acceptors (Lipinski definition) is 3. The Hall–Kier alpha value is -2.61. The maximum Gasteiger partial charge on any atom is 0.335 e. The van der Waals surface area contributed by atoms with Crippen LogP contribution in [0, 0.1) is 11.3 Å². The molecule has 1 heterocycles. The topological polar surface area (TPSA) is 83.1 Å². The zero-order valence-corrected chi connectivity index (χ0v) is 11.3. The summed E-state index contributed by atoms with van der Waals surface area (Å²) in [4.78, 5) is 23.1. The molecule has 0 fully saturated rings. The van der Waals surface area contributed by atoms with E-state index in [1.165, 1.54) is 16.7 Å². The number of rotatable bonds is 3. The van der Waals surface area contributed by atoms with Crippen LogP contribution in [0.3, 0.4) is 0 Å². The molecule has 0 unspecified atom stereocenters. The third-order valence-corrected chi connectivity index (χ3v) is 3.21. The van der Waals surface area contributed by atoms with Crippen molar-refractivity contribution >= 4 is 16.9 Å². The fourth-order valence-corrected chi connectivity index (χ4v) is 2.27. The zero-order chi connectivity index (χ0) is 14.9. The van der Waals surface area contributed by atoms with Gasteiger partial charge in [0.25, 0.3) is 5.56 Å². The predicted molar refractivity (Wildman–Crippen MR) is 74.9 cm³/mol. The quantitative estimate of drug-likeness (QED) is 0.927. The molecule has 0 atom stereocenters. The Bertz CT molecular complexity index is 782. The van der Waals surface area contributed by atoms with Gasteiger partial charge < -0.3 is 5.11 Å². The highest BCUT2D eigenvalue weighted by Crippen LogP contribution is 2.26. The van der Waals surface area contributed by atoms with Crippen LogP contribution in [0.1, 0.15) is 35.7 Å². The highest BCUT2D eigenvalue weighted by atomic mass is 16.4. The van der Waals surface area contributed by atoms with Crippen molar-refractivity contribution in [2.24, 2.45) is 0 Å². The van der Waals surface area contributed by atoms with Gasteiger partial charge in [-0.1, -0.05) is 13.8 Å². The summed E-state index contributed by atoms with van der Waals surface area (Å²) in [5.41, 5.74) is 1.32. The van der Waals surface area contributed by atoms with Crippen LogP contribution in [-0.4, -0.2) is 15.6 Å². The number of pyridine rings is 1. The van der Waals surface area contributed by atoms with Crippen molar-refractivity contribution in [3.8, 4) is 6.07 Å². The minimum atomic E-state index is -1.01. The van der Waals surface area contributed by atoms with Gasteiger partial charge in [0.2, 0.25) is 0 Å². The molecule has 5 nitrogen and oxygen atoms in total. The van der Waals surface area contributed by atoms with Crippen LogP contribution >= 0.6 is 0 Å². The average Bonchev–Trinajstić information content (AvgIpc) is 2.40. The summed E-state index contributed by atoms with van der Waals surface area (Å²) >= 11 is 0. The number of nitriles is 1. The maximum atomic E-state index is 11.9. The lowest BCUT2D eigenvalue weighted by atomic mass is 9.96. The Morgan fingerprint density at radius 2 is 2.10 bits per heavy atom. The molecule has 2 aromatic rings. The Morgan fingerprint density at radius 3 is 2.65 bits per heavy atom. The van der Waals surface area contributed by atoms with Gasteiger partial charge in [0, 0.05) is 6.07 Å². The van der Waals surface area contributed by atoms with E-state index in [4.69, 9.17) is 10.4 Å². The van der Waals surface area contributed by atoms with Crippen LogP contribution in [0.15, 0.2) is 29.1 Å². The van der Waals surface area contributed by atoms with E-state index < -0.39 is 5.97 Å². The van der Waals surface area contributed by atoms with Gasteiger partial charge in [-0.15, -0.1) is 0 Å². The second kappa shape index (κ2) is 5.17. The number of carboxylic acids is 1. The highest BCUT2D eigenvalue weighted by Gasteiger charge is 2.15. The molecule has 102 valence electrons. The summed E-state index contributed by atoms with van der Waals surface area (Å²) in [6.07, 6.45) is 0. The zero-order valence-electron chi connectivity index (χ0n) is 11.3. The molecule has 1 N–H and O–H groups in total. The largest absolute Gasteiger partial charge is 0.478 e. The number of nitrogens with zero attached hydrogens (tertiary/aromatic N) is 2. The first-order valence-electron chi connectivity index (χ1n) is 6.23. The van der Waals surface area contributed by atoms with Gasteiger partial charge in [-0.3, -0.25) is 9.36 Å². The predicted octanol–water partition coefficient (Wildman–Crippen LogP) is 2.35. The minimum Gasteiger partial charge on any atom is -0.478 e. The third kappa shape index (κ3) is 2.28. The molecule has 0 aliphatic rings. The molecule has 20 heavy (non-hydrogen) atoms. The Morgan fingerprint density at radius 1 is 1.40 bits per heavy atom. The van der Waals surface area contributed by atoms with Gasteiger partial charge in [-0.05, 0) is 35.1 Å². The molecule has 0 spiro atoms. The Labute approximate surface area is 115 Å². The summed E-state index contributed by atoms with van der Waals surface area (Å²) in [6.45, 7) is 3.80. The van der Waals surface area contributed by atoms with E-state index in [-0.39, 0.29) is 23.6 Å². The second-order valence-electron chi connectivity index (χ2n) is 4.88. The SMILES string of the molecule is CC(C)c1cc(C(=O)O)cc2ccc(=O)n(CC#N)c12. The van der Waals surface area contributed by atoms with Crippen LogP contribution in [-0.2, 0) is 6.54 Å². The van der Waals surface area contributed by atoms with E-state index in [1.54, 1.807) is 12.1 Å². The molecular weight excluding hydrogens is 256 g/mol. The Kier molecular flexibility index (Phi) is 3.57. The maximum absolute atomic E-state index is 11.9. The highest BCUT2D eigenvalue weighted by molar-refractivity contribution is 5.95. The van der Waals surface area contributed by atoms with Crippen molar-refractivity contribution in [1.82, 2.24) is 4.57 Å². The van der Waals surface area contributed by atoms with E-state index in [0.717, 1.165) is 5.56 Å². The molecule has 0 aliphatic carbocycles. The van der Waals surface area contributed by atoms with Crippen molar-refractivity contribution in [2.75, 3.05) is 0 Å². The first-order chi connectivity index (χ1) is 9.45. The fourth-order valence-electron chi connectivity index (χ4n) is 2.27. The van der Waals surface area contributed by atoms with Gasteiger partial charge in [0.05, 0.1) is 17.1 Å². The number of fused-ring (bicyclic) bond motifs is 1. The second-order valence-corrected chi connectivity index (χ2v) is 4.88. The monoisotopic (exact) mass is 270 g/mol. The number of carboxylic acid groups (broad SMARTS) is 1. The molecule has 0 saturated carbocycles. The van der Waals surface area contributed by atoms with Crippen LogP contribution in [0.5, 0.6) is 0 Å². The van der Waals surface area contributed by atoms with Crippen LogP contribution in [0.25, 0.3) is 10.9 Å². The summed E-state index contributed by atoms with van der Waals surface area (Å²) in [6, 6.07) is 8.02. The van der Waals surface area contributed by atoms with E-state index >= 15 is 0 Å². The third-order valence-electron chi connectivity index (χ3n) is 3.21. The summed E-state index contributed by atoms with van der Waals surface area (Å²) in [5.74, 6) is -0.963. The van der Waals surface area contributed by atoms with Crippen LogP contribution in [0.2, 0.25) is 0 Å². The first-order valence-corrected chi connectivity index (χ1v) is 6.23. The molecule has 0 amide bonds. The van der Waals surface area contributed by atoms with Gasteiger partial charge >= 0.3 is 5.97 Å². The standard InChI is InChI=1S/C15H14N2O3/c1-9(2)12-8-11(15(19)20)7-10-3-4-13(18)17(6-5-16)14(10)12/h3-4,7-9H,6H2,1-2H3,(H,19,20). The molecular formula is C15H14N2O3. The van der Waals surface area contributed by atoms with Gasteiger partial charge in [0.15, 0.2) is 0 Å². The molecule has 1 aromatic carbocycles. The molecule has 0 saturated heterocycles. The lowest BCUT2D eigenvalue weighted by molar-refractivity contribution is 0.0697. The number of aromatic nitrogens is 1. The molecule has 0 aliphatic heterocycles. The van der Waals surface area contributed by atoms with E-state index in [0.29, 0.717) is 10.9 Å². The van der Waals surface area contributed by atoms with E-state index in [9.17, 15) is 9.59 Å². The number of hydrogen-bond donors (Lipinski definition) is 1. The van der Waals surface area contributed by atoms with Gasteiger partial charge in [0.1, 0.15) is 6.54 Å². The first kappa shape index (κ1) is 13.8. The average molecular weight is 270 g/mol. The lowest BCUT2D eigenvalue weighted by Crippen LogP contribution is -2.20. The minimum absolute atomic E-state index is 0.0449. The fraction of sp³-hybridized carbons (Fsp3) is 0.267. The van der Waals surface area contributed by atoms with Crippen LogP contribution < -0.4 is 5.56 Å². The number of carbonyl (C=O) groups is 1. The van der Waals surface area contributed by atoms with Crippen molar-refractivity contribution in [3.05, 3.63) is 45.7 Å². The molecule has 5 heteroatoms. The number of aromatic carboxylic acids is 1. The normalized spacial score (nSPS) is 10.7. The number of benzene rings is 1. The summed E-state index contributed by atoms with van der Waals surface area (Å²) < 4.78 is 1.39. The van der Waals surface area contributed by atoms with Gasteiger partial charge in [-0.25, -0.2) is 4.79 Å². The molecule has 0 bridgehead atoms. The summed E-state index contributed by atoms with van der Waals surface area (Å²) in [7, 11) is 0. The Balaban J connectivity index is 2.94. The molecule has 2 rings (SSSR count). The van der Waals surface area contributed by atoms with Crippen molar-refractivity contribution in [1.29, 1.82) is 5.26 Å². The smallest absolute Gasteiger partial charge is 0.335 e. The van der Waals surface area contributed by atoms with E-state index in [1.807, 2.05) is 19.9 Å². The summed E-state index contributed by atoms with van der Waals surface area (Å²) in [5, 5.41) is 18.7. The molecule has 0 radical (unpaired) electrons. The van der Waals surface area contributed by atoms with Crippen molar-refractivity contribution in [2.45, 2.75) is 26.3 Å². The van der Waals surface area contributed by atoms with Crippen molar-refractivity contribution in [3.63, 3.8) is 0 Å². The van der Waals surface area contributed by atoms with Crippen LogP contribution in [0.4, 0.5) is 0 Å².